The molecule has 0 heterocycles. The number of hydrogen-bond donors (Lipinski definition) is 1. The first kappa shape index (κ1) is 20.1. The van der Waals surface area contributed by atoms with Crippen LogP contribution in [0.1, 0.15) is 64.0 Å². The van der Waals surface area contributed by atoms with Gasteiger partial charge < -0.3 is 10.1 Å². The van der Waals surface area contributed by atoms with Gasteiger partial charge in [0, 0.05) is 16.5 Å². The average Bonchev–Trinajstić information content (AvgIpc) is 3.06. The summed E-state index contributed by atoms with van der Waals surface area (Å²) < 4.78 is 5.25. The van der Waals surface area contributed by atoms with Crippen molar-refractivity contribution < 1.29 is 14.3 Å². The number of carbonyl (C=O) groups is 2. The molecule has 25 heavy (non-hydrogen) atoms. The molecule has 1 fully saturated rings. The zero-order valence-corrected chi connectivity index (χ0v) is 16.2. The molecular weight excluding hydrogens is 361 g/mol. The van der Waals surface area contributed by atoms with Gasteiger partial charge in [0.05, 0.1) is 6.04 Å². The molecule has 2 atom stereocenters. The highest BCUT2D eigenvalue weighted by Crippen LogP contribution is 2.29. The van der Waals surface area contributed by atoms with E-state index >= 15 is 0 Å². The molecule has 1 N–H and O–H groups in total. The van der Waals surface area contributed by atoms with Gasteiger partial charge in [0.25, 0.3) is 5.91 Å². The third kappa shape index (κ3) is 6.19. The average molecular weight is 386 g/mol. The quantitative estimate of drug-likeness (QED) is 0.666. The van der Waals surface area contributed by atoms with Crippen molar-refractivity contribution >= 4 is 35.1 Å². The van der Waals surface area contributed by atoms with Crippen molar-refractivity contribution in [2.75, 3.05) is 0 Å². The maximum Gasteiger partial charge on any atom is 0.306 e. The molecule has 0 spiro atoms. The smallest absolute Gasteiger partial charge is 0.306 e. The Morgan fingerprint density at radius 2 is 1.92 bits per heavy atom. The van der Waals surface area contributed by atoms with Crippen LogP contribution in [0.3, 0.4) is 0 Å². The van der Waals surface area contributed by atoms with Crippen LogP contribution < -0.4 is 5.32 Å². The fraction of sp³-hybridized carbons (Fsp3) is 0.579. The summed E-state index contributed by atoms with van der Waals surface area (Å²) in [5.41, 5.74) is 0.763. The van der Waals surface area contributed by atoms with Crippen LogP contribution in [0.4, 0.5) is 0 Å². The van der Waals surface area contributed by atoms with E-state index in [0.717, 1.165) is 12.0 Å². The van der Waals surface area contributed by atoms with Crippen LogP contribution >= 0.6 is 23.2 Å². The highest BCUT2D eigenvalue weighted by atomic mass is 35.5. The first-order chi connectivity index (χ1) is 11.9. The molecule has 2 rings (SSSR count). The molecule has 0 aliphatic heterocycles. The van der Waals surface area contributed by atoms with Crippen LogP contribution in [0, 0.1) is 5.92 Å². The van der Waals surface area contributed by atoms with Gasteiger partial charge in [-0.25, -0.2) is 0 Å². The lowest BCUT2D eigenvalue weighted by Gasteiger charge is -2.19. The van der Waals surface area contributed by atoms with E-state index in [9.17, 15) is 9.59 Å². The molecule has 0 saturated heterocycles. The third-order valence-electron chi connectivity index (χ3n) is 4.70. The number of esters is 1. The van der Waals surface area contributed by atoms with E-state index in [0.29, 0.717) is 22.4 Å². The Labute approximate surface area is 159 Å². The summed E-state index contributed by atoms with van der Waals surface area (Å²) in [6.07, 6.45) is 5.30. The minimum Gasteiger partial charge on any atom is -0.453 e. The number of ether oxygens (including phenoxy) is 1. The molecule has 1 aromatic rings. The summed E-state index contributed by atoms with van der Waals surface area (Å²) >= 11 is 12.0. The van der Waals surface area contributed by atoms with E-state index in [4.69, 9.17) is 27.9 Å². The molecule has 1 aromatic carbocycles. The highest BCUT2D eigenvalue weighted by Gasteiger charge is 2.22. The van der Waals surface area contributed by atoms with Gasteiger partial charge in [0.2, 0.25) is 0 Å². The second-order valence-corrected chi connectivity index (χ2v) is 7.56. The minimum atomic E-state index is -0.829. The standard InChI is InChI=1S/C19H25Cl2NO3/c1-12(16-9-8-15(20)11-17(16)21)22-19(24)13(2)25-18(23)10-7-14-5-3-4-6-14/h8-9,11-14H,3-7,10H2,1-2H3,(H,22,24)/t12-,13+/m0/s1. The van der Waals surface area contributed by atoms with Crippen molar-refractivity contribution in [2.45, 2.75) is 64.5 Å². The summed E-state index contributed by atoms with van der Waals surface area (Å²) in [7, 11) is 0. The summed E-state index contributed by atoms with van der Waals surface area (Å²) in [5.74, 6) is -0.0248. The first-order valence-corrected chi connectivity index (χ1v) is 9.57. The second-order valence-electron chi connectivity index (χ2n) is 6.72. The molecule has 0 unspecified atom stereocenters. The molecule has 138 valence electrons. The van der Waals surface area contributed by atoms with Crippen molar-refractivity contribution in [2.24, 2.45) is 5.92 Å². The largest absolute Gasteiger partial charge is 0.453 e. The fourth-order valence-corrected chi connectivity index (χ4v) is 3.76. The maximum absolute atomic E-state index is 12.2. The summed E-state index contributed by atoms with van der Waals surface area (Å²) in [6.45, 7) is 3.40. The lowest BCUT2D eigenvalue weighted by molar-refractivity contribution is -0.155. The molecule has 1 aliphatic carbocycles. The summed E-state index contributed by atoms with van der Waals surface area (Å²) in [6, 6.07) is 4.82. The molecule has 0 aromatic heterocycles. The Bertz CT molecular complexity index is 615. The predicted molar refractivity (Wildman–Crippen MR) is 99.8 cm³/mol. The molecule has 1 aliphatic rings. The van der Waals surface area contributed by atoms with Crippen molar-refractivity contribution in [3.63, 3.8) is 0 Å². The van der Waals surface area contributed by atoms with Crippen molar-refractivity contribution in [3.05, 3.63) is 33.8 Å². The van der Waals surface area contributed by atoms with Gasteiger partial charge >= 0.3 is 5.97 Å². The molecule has 1 amide bonds. The second kappa shape index (κ2) is 9.44. The molecule has 0 radical (unpaired) electrons. The Kier molecular flexibility index (Phi) is 7.57. The van der Waals surface area contributed by atoms with Gasteiger partial charge in [-0.2, -0.15) is 0 Å². The molecule has 0 bridgehead atoms. The molecule has 4 nitrogen and oxygen atoms in total. The van der Waals surface area contributed by atoms with E-state index in [1.54, 1.807) is 25.1 Å². The normalized spacial score (nSPS) is 17.1. The van der Waals surface area contributed by atoms with Crippen LogP contribution in [0.2, 0.25) is 10.0 Å². The number of amides is 1. The lowest BCUT2D eigenvalue weighted by atomic mass is 10.0. The van der Waals surface area contributed by atoms with E-state index in [1.165, 1.54) is 25.7 Å². The highest BCUT2D eigenvalue weighted by molar-refractivity contribution is 6.35. The van der Waals surface area contributed by atoms with Gasteiger partial charge in [0.1, 0.15) is 0 Å². The minimum absolute atomic E-state index is 0.308. The monoisotopic (exact) mass is 385 g/mol. The van der Waals surface area contributed by atoms with Crippen LogP contribution in [0.15, 0.2) is 18.2 Å². The summed E-state index contributed by atoms with van der Waals surface area (Å²) in [4.78, 5) is 24.2. The molecule has 1 saturated carbocycles. The first-order valence-electron chi connectivity index (χ1n) is 8.81. The lowest BCUT2D eigenvalue weighted by Crippen LogP contribution is -2.37. The van der Waals surface area contributed by atoms with Crippen molar-refractivity contribution in [1.82, 2.24) is 5.32 Å². The van der Waals surface area contributed by atoms with Crippen molar-refractivity contribution in [1.29, 1.82) is 0 Å². The Morgan fingerprint density at radius 3 is 2.56 bits per heavy atom. The predicted octanol–water partition coefficient (Wildman–Crippen LogP) is 5.07. The topological polar surface area (TPSA) is 55.4 Å². The molecule has 6 heteroatoms. The van der Waals surface area contributed by atoms with Crippen LogP contribution in [0.5, 0.6) is 0 Å². The zero-order chi connectivity index (χ0) is 18.4. The van der Waals surface area contributed by atoms with E-state index in [-0.39, 0.29) is 17.9 Å². The van der Waals surface area contributed by atoms with Gasteiger partial charge in [-0.05, 0) is 43.9 Å². The number of rotatable bonds is 7. The SMILES string of the molecule is C[C@H](NC(=O)[C@@H](C)OC(=O)CCC1CCCC1)c1ccc(Cl)cc1Cl. The van der Waals surface area contributed by atoms with E-state index < -0.39 is 6.10 Å². The van der Waals surface area contributed by atoms with Crippen LogP contribution in [-0.2, 0) is 14.3 Å². The van der Waals surface area contributed by atoms with Gasteiger partial charge in [-0.15, -0.1) is 0 Å². The molecular formula is C19H25Cl2NO3. The van der Waals surface area contributed by atoms with Gasteiger partial charge in [-0.3, -0.25) is 9.59 Å². The summed E-state index contributed by atoms with van der Waals surface area (Å²) in [5, 5.41) is 3.84. The Balaban J connectivity index is 1.79. The van der Waals surface area contributed by atoms with Gasteiger partial charge in [0.15, 0.2) is 6.10 Å². The third-order valence-corrected chi connectivity index (χ3v) is 5.26. The number of benzene rings is 1. The number of halogens is 2. The van der Waals surface area contributed by atoms with Crippen LogP contribution in [-0.4, -0.2) is 18.0 Å². The number of hydrogen-bond acceptors (Lipinski definition) is 3. The van der Waals surface area contributed by atoms with E-state index in [2.05, 4.69) is 5.32 Å². The zero-order valence-electron chi connectivity index (χ0n) is 14.7. The fourth-order valence-electron chi connectivity index (χ4n) is 3.19. The van der Waals surface area contributed by atoms with E-state index in [1.807, 2.05) is 6.92 Å². The van der Waals surface area contributed by atoms with Crippen LogP contribution in [0.25, 0.3) is 0 Å². The van der Waals surface area contributed by atoms with Crippen molar-refractivity contribution in [3.8, 4) is 0 Å². The number of carbonyl (C=O) groups excluding carboxylic acids is 2. The van der Waals surface area contributed by atoms with Gasteiger partial charge in [-0.1, -0.05) is 55.0 Å². The Hall–Kier alpha value is -1.26. The Morgan fingerprint density at radius 1 is 1.24 bits per heavy atom. The maximum atomic E-state index is 12.2. The number of nitrogens with one attached hydrogen (secondary N) is 1.